The summed E-state index contributed by atoms with van der Waals surface area (Å²) in [5.41, 5.74) is 0.609. The van der Waals surface area contributed by atoms with Gasteiger partial charge in [-0.25, -0.2) is 0 Å². The Bertz CT molecular complexity index is 898. The number of Topliss-reactive ketones (excluding diaryl/α,β-unsaturated/α-hetero) is 1. The molecule has 0 aromatic carbocycles. The second-order valence-electron chi connectivity index (χ2n) is 14.7. The Morgan fingerprint density at radius 3 is 2.35 bits per heavy atom. The lowest BCUT2D eigenvalue weighted by Crippen LogP contribution is -2.60. The van der Waals surface area contributed by atoms with E-state index in [1.165, 1.54) is 0 Å². The molecule has 0 saturated heterocycles. The van der Waals surface area contributed by atoms with Gasteiger partial charge in [0.05, 0.1) is 17.8 Å². The van der Waals surface area contributed by atoms with Crippen LogP contribution in [0.1, 0.15) is 99.8 Å². The van der Waals surface area contributed by atoms with Crippen molar-refractivity contribution in [2.75, 3.05) is 0 Å². The van der Waals surface area contributed by atoms with Crippen LogP contribution in [0.25, 0.3) is 0 Å². The molecule has 0 radical (unpaired) electrons. The molecule has 34 heavy (non-hydrogen) atoms. The van der Waals surface area contributed by atoms with Crippen molar-refractivity contribution in [3.05, 3.63) is 11.6 Å². The molecule has 192 valence electrons. The minimum absolute atomic E-state index is 0.0377. The summed E-state index contributed by atoms with van der Waals surface area (Å²) in [6.07, 6.45) is 9.19. The molecule has 0 spiro atoms. The Balaban J connectivity index is 1.48. The van der Waals surface area contributed by atoms with E-state index in [4.69, 9.17) is 0 Å². The molecular weight excluding hydrogens is 424 g/mol. The van der Waals surface area contributed by atoms with Crippen LogP contribution in [0.4, 0.5) is 0 Å². The first-order chi connectivity index (χ1) is 15.6. The SMILES string of the molecule is CC(C)(O)C(O)C1CC(O)C1C1CCC2(C)C3=CCC4C(C)(C)C(=O)CCC4(C)C3CCC12C. The Morgan fingerprint density at radius 2 is 1.74 bits per heavy atom. The van der Waals surface area contributed by atoms with Crippen molar-refractivity contribution in [1.82, 2.24) is 0 Å². The lowest BCUT2D eigenvalue weighted by Gasteiger charge is -2.64. The predicted octanol–water partition coefficient (Wildman–Crippen LogP) is 5.29. The molecule has 10 unspecified atom stereocenters. The van der Waals surface area contributed by atoms with Gasteiger partial charge in [-0.2, -0.15) is 0 Å². The molecule has 5 rings (SSSR count). The molecule has 0 bridgehead atoms. The number of fused-ring (bicyclic) bond motifs is 5. The lowest BCUT2D eigenvalue weighted by atomic mass is 9.40. The molecule has 5 aliphatic rings. The van der Waals surface area contributed by atoms with E-state index >= 15 is 0 Å². The summed E-state index contributed by atoms with van der Waals surface area (Å²) in [7, 11) is 0. The average molecular weight is 473 g/mol. The molecular formula is C30H48O4. The van der Waals surface area contributed by atoms with Crippen molar-refractivity contribution in [1.29, 1.82) is 0 Å². The highest BCUT2D eigenvalue weighted by Crippen LogP contribution is 2.74. The van der Waals surface area contributed by atoms with Crippen LogP contribution in [-0.4, -0.2) is 38.9 Å². The number of rotatable bonds is 3. The highest BCUT2D eigenvalue weighted by atomic mass is 16.3. The van der Waals surface area contributed by atoms with Crippen LogP contribution in [0.2, 0.25) is 0 Å². The molecule has 5 aliphatic carbocycles. The number of allylic oxidation sites excluding steroid dienone is 2. The summed E-state index contributed by atoms with van der Waals surface area (Å²) in [6, 6.07) is 0. The van der Waals surface area contributed by atoms with Gasteiger partial charge in [-0.15, -0.1) is 0 Å². The van der Waals surface area contributed by atoms with Crippen molar-refractivity contribution in [2.45, 2.75) is 118 Å². The lowest BCUT2D eigenvalue weighted by molar-refractivity contribution is -0.182. The molecule has 0 aromatic rings. The second kappa shape index (κ2) is 7.42. The highest BCUT2D eigenvalue weighted by molar-refractivity contribution is 5.85. The van der Waals surface area contributed by atoms with Crippen LogP contribution in [0.15, 0.2) is 11.6 Å². The average Bonchev–Trinajstić information content (AvgIpc) is 3.00. The second-order valence-corrected chi connectivity index (χ2v) is 14.7. The summed E-state index contributed by atoms with van der Waals surface area (Å²) in [6.45, 7) is 15.2. The number of aliphatic hydroxyl groups is 3. The van der Waals surface area contributed by atoms with Gasteiger partial charge in [-0.3, -0.25) is 4.79 Å². The van der Waals surface area contributed by atoms with E-state index in [0.717, 1.165) is 38.5 Å². The maximum absolute atomic E-state index is 12.8. The number of hydrogen-bond acceptors (Lipinski definition) is 4. The molecule has 0 aromatic heterocycles. The van der Waals surface area contributed by atoms with E-state index in [1.807, 2.05) is 0 Å². The van der Waals surface area contributed by atoms with Crippen LogP contribution in [-0.2, 0) is 4.79 Å². The molecule has 4 nitrogen and oxygen atoms in total. The first-order valence-electron chi connectivity index (χ1n) is 13.9. The number of ketones is 1. The molecule has 3 N–H and O–H groups in total. The maximum Gasteiger partial charge on any atom is 0.138 e. The smallest absolute Gasteiger partial charge is 0.138 e. The predicted molar refractivity (Wildman–Crippen MR) is 134 cm³/mol. The Kier molecular flexibility index (Phi) is 5.44. The standard InChI is InChI=1S/C30H48O4/c1-26(2)22-9-8-19-18(28(22,5)13-12-23(26)32)10-14-30(7)20(11-15-29(19,30)6)24-17(16-21(24)31)25(33)27(3,4)34/h8,17-18,20-22,24-25,31,33-34H,9-16H2,1-7H3. The summed E-state index contributed by atoms with van der Waals surface area (Å²) in [5.74, 6) is 1.78. The van der Waals surface area contributed by atoms with Crippen molar-refractivity contribution >= 4 is 5.78 Å². The third kappa shape index (κ3) is 3.03. The molecule has 0 amide bonds. The fraction of sp³-hybridized carbons (Fsp3) is 0.900. The van der Waals surface area contributed by atoms with Gasteiger partial charge >= 0.3 is 0 Å². The number of hydrogen-bond donors (Lipinski definition) is 3. The van der Waals surface area contributed by atoms with E-state index in [0.29, 0.717) is 36.4 Å². The number of aliphatic hydroxyl groups excluding tert-OH is 2. The summed E-state index contributed by atoms with van der Waals surface area (Å²) in [4.78, 5) is 12.8. The number of carbonyl (C=O) groups excluding carboxylic acids is 1. The molecule has 0 aliphatic heterocycles. The van der Waals surface area contributed by atoms with E-state index < -0.39 is 11.7 Å². The van der Waals surface area contributed by atoms with Gasteiger partial charge in [0.15, 0.2) is 0 Å². The zero-order valence-electron chi connectivity index (χ0n) is 22.5. The topological polar surface area (TPSA) is 77.8 Å². The maximum atomic E-state index is 12.8. The fourth-order valence-electron chi connectivity index (χ4n) is 10.3. The first-order valence-corrected chi connectivity index (χ1v) is 13.9. The summed E-state index contributed by atoms with van der Waals surface area (Å²) < 4.78 is 0. The monoisotopic (exact) mass is 472 g/mol. The highest BCUT2D eigenvalue weighted by Gasteiger charge is 2.67. The van der Waals surface area contributed by atoms with Crippen LogP contribution in [0.3, 0.4) is 0 Å². The van der Waals surface area contributed by atoms with Crippen molar-refractivity contribution < 1.29 is 20.1 Å². The van der Waals surface area contributed by atoms with Gasteiger partial charge in [-0.1, -0.05) is 46.3 Å². The van der Waals surface area contributed by atoms with Crippen LogP contribution < -0.4 is 0 Å². The van der Waals surface area contributed by atoms with Crippen LogP contribution in [0, 0.1) is 51.2 Å². The van der Waals surface area contributed by atoms with Gasteiger partial charge in [-0.05, 0) is 105 Å². The fourth-order valence-corrected chi connectivity index (χ4v) is 10.3. The quantitative estimate of drug-likeness (QED) is 0.488. The normalized spacial score (nSPS) is 51.0. The van der Waals surface area contributed by atoms with Gasteiger partial charge in [0.1, 0.15) is 5.78 Å². The Labute approximate surface area is 206 Å². The van der Waals surface area contributed by atoms with E-state index in [2.05, 4.69) is 40.7 Å². The van der Waals surface area contributed by atoms with E-state index in [-0.39, 0.29) is 39.6 Å². The van der Waals surface area contributed by atoms with Gasteiger partial charge in [0.2, 0.25) is 0 Å². The molecule has 4 fully saturated rings. The van der Waals surface area contributed by atoms with E-state index in [1.54, 1.807) is 19.4 Å². The third-order valence-corrected chi connectivity index (χ3v) is 12.7. The van der Waals surface area contributed by atoms with Crippen molar-refractivity contribution in [2.24, 2.45) is 51.2 Å². The molecule has 10 atom stereocenters. The minimum Gasteiger partial charge on any atom is -0.393 e. The van der Waals surface area contributed by atoms with Crippen molar-refractivity contribution in [3.8, 4) is 0 Å². The summed E-state index contributed by atoms with van der Waals surface area (Å²) in [5, 5.41) is 32.3. The van der Waals surface area contributed by atoms with Gasteiger partial charge in [0.25, 0.3) is 0 Å². The van der Waals surface area contributed by atoms with Crippen molar-refractivity contribution in [3.63, 3.8) is 0 Å². The minimum atomic E-state index is -1.15. The zero-order valence-corrected chi connectivity index (χ0v) is 22.5. The number of carbonyl (C=O) groups is 1. The van der Waals surface area contributed by atoms with Crippen LogP contribution in [0.5, 0.6) is 0 Å². The Hall–Kier alpha value is -0.710. The molecule has 4 heteroatoms. The van der Waals surface area contributed by atoms with Gasteiger partial charge < -0.3 is 15.3 Å². The third-order valence-electron chi connectivity index (χ3n) is 12.7. The molecule has 4 saturated carbocycles. The van der Waals surface area contributed by atoms with E-state index in [9.17, 15) is 20.1 Å². The zero-order chi connectivity index (χ0) is 25.1. The molecule has 0 heterocycles. The first kappa shape index (κ1) is 25.0. The van der Waals surface area contributed by atoms with Gasteiger partial charge in [0, 0.05) is 11.8 Å². The summed E-state index contributed by atoms with van der Waals surface area (Å²) >= 11 is 0. The largest absolute Gasteiger partial charge is 0.393 e. The van der Waals surface area contributed by atoms with Crippen LogP contribution >= 0.6 is 0 Å². The Morgan fingerprint density at radius 1 is 1.06 bits per heavy atom.